The first-order chi connectivity index (χ1) is 11.6. The molecule has 1 unspecified atom stereocenters. The minimum atomic E-state index is -1.38. The zero-order chi connectivity index (χ0) is 17.5. The number of thiazole rings is 1. The smallest absolute Gasteiger partial charge is 0.245 e. The molecule has 124 valence electrons. The van der Waals surface area contributed by atoms with Crippen molar-refractivity contribution in [2.24, 2.45) is 5.92 Å². The first-order valence-corrected chi connectivity index (χ1v) is 8.32. The fourth-order valence-corrected chi connectivity index (χ4v) is 2.78. The zero-order valence-electron chi connectivity index (χ0n) is 13.4. The van der Waals surface area contributed by atoms with Crippen molar-refractivity contribution in [1.82, 2.24) is 10.3 Å². The second-order valence-corrected chi connectivity index (χ2v) is 5.81. The van der Waals surface area contributed by atoms with E-state index in [1.54, 1.807) is 11.4 Å². The standard InChI is InChI=1S/C17H17N3O3S/c1-3-8-23-12-6-4-11(5-7-12)17-20-14(10-24-17)15(21)13(9-18)16(22)19-2/h4-7,10,13H,3,8H2,1-2H3,(H,19,22). The van der Waals surface area contributed by atoms with Crippen LogP contribution in [0.2, 0.25) is 0 Å². The Morgan fingerprint density at radius 1 is 1.38 bits per heavy atom. The molecule has 6 nitrogen and oxygen atoms in total. The van der Waals surface area contributed by atoms with E-state index in [1.165, 1.54) is 18.4 Å². The first-order valence-electron chi connectivity index (χ1n) is 7.44. The van der Waals surface area contributed by atoms with E-state index in [2.05, 4.69) is 10.3 Å². The van der Waals surface area contributed by atoms with E-state index in [0.717, 1.165) is 17.7 Å². The summed E-state index contributed by atoms with van der Waals surface area (Å²) in [4.78, 5) is 28.1. The van der Waals surface area contributed by atoms with Crippen molar-refractivity contribution >= 4 is 23.0 Å². The van der Waals surface area contributed by atoms with E-state index < -0.39 is 17.6 Å². The summed E-state index contributed by atoms with van der Waals surface area (Å²) < 4.78 is 5.52. The van der Waals surface area contributed by atoms with Crippen molar-refractivity contribution in [3.8, 4) is 22.4 Å². The molecule has 0 spiro atoms. The predicted octanol–water partition coefficient (Wildman–Crippen LogP) is 2.67. The summed E-state index contributed by atoms with van der Waals surface area (Å²) in [7, 11) is 1.38. The monoisotopic (exact) mass is 343 g/mol. The van der Waals surface area contributed by atoms with Gasteiger partial charge in [-0.15, -0.1) is 11.3 Å². The number of rotatable bonds is 7. The van der Waals surface area contributed by atoms with Gasteiger partial charge in [0.1, 0.15) is 16.5 Å². The van der Waals surface area contributed by atoms with Crippen molar-refractivity contribution in [3.63, 3.8) is 0 Å². The maximum Gasteiger partial charge on any atom is 0.245 e. The highest BCUT2D eigenvalue weighted by atomic mass is 32.1. The SMILES string of the molecule is CCCOc1ccc(-c2nc(C(=O)C(C#N)C(=O)NC)cs2)cc1. The molecular formula is C17H17N3O3S. The molecule has 0 aliphatic rings. The van der Waals surface area contributed by atoms with Crippen molar-refractivity contribution in [3.05, 3.63) is 35.3 Å². The molecule has 1 amide bonds. The second kappa shape index (κ2) is 8.22. The highest BCUT2D eigenvalue weighted by Gasteiger charge is 2.28. The Hall–Kier alpha value is -2.72. The van der Waals surface area contributed by atoms with Gasteiger partial charge in [-0.05, 0) is 30.7 Å². The van der Waals surface area contributed by atoms with Crippen molar-refractivity contribution in [1.29, 1.82) is 5.26 Å². The first kappa shape index (κ1) is 17.6. The number of amides is 1. The van der Waals surface area contributed by atoms with Crippen LogP contribution in [-0.2, 0) is 4.79 Å². The number of aromatic nitrogens is 1. The third kappa shape index (κ3) is 3.97. The third-order valence-electron chi connectivity index (χ3n) is 3.23. The summed E-state index contributed by atoms with van der Waals surface area (Å²) in [5.41, 5.74) is 0.966. The largest absolute Gasteiger partial charge is 0.494 e. The van der Waals surface area contributed by atoms with Crippen LogP contribution in [0.15, 0.2) is 29.6 Å². The van der Waals surface area contributed by atoms with Crippen LogP contribution in [0.3, 0.4) is 0 Å². The average molecular weight is 343 g/mol. The molecule has 1 aromatic heterocycles. The number of ketones is 1. The van der Waals surface area contributed by atoms with Gasteiger partial charge >= 0.3 is 0 Å². The predicted molar refractivity (Wildman–Crippen MR) is 90.8 cm³/mol. The molecular weight excluding hydrogens is 326 g/mol. The van der Waals surface area contributed by atoms with Crippen LogP contribution in [0.5, 0.6) is 5.75 Å². The second-order valence-electron chi connectivity index (χ2n) is 4.95. The number of carbonyl (C=O) groups excluding carboxylic acids is 2. The molecule has 0 aliphatic carbocycles. The van der Waals surface area contributed by atoms with Gasteiger partial charge in [-0.2, -0.15) is 5.26 Å². The molecule has 1 atom stereocenters. The van der Waals surface area contributed by atoms with Crippen LogP contribution in [0, 0.1) is 17.2 Å². The van der Waals surface area contributed by atoms with E-state index in [9.17, 15) is 9.59 Å². The lowest BCUT2D eigenvalue weighted by atomic mass is 10.0. The van der Waals surface area contributed by atoms with Crippen LogP contribution in [0.4, 0.5) is 0 Å². The number of nitrogens with zero attached hydrogens (tertiary/aromatic N) is 2. The van der Waals surface area contributed by atoms with Crippen molar-refractivity contribution in [2.45, 2.75) is 13.3 Å². The molecule has 0 aliphatic heterocycles. The number of carbonyl (C=O) groups is 2. The van der Waals surface area contributed by atoms with Gasteiger partial charge in [-0.25, -0.2) is 4.98 Å². The Kier molecular flexibility index (Phi) is 6.04. The number of nitriles is 1. The quantitative estimate of drug-likeness (QED) is 0.616. The van der Waals surface area contributed by atoms with Crippen LogP contribution >= 0.6 is 11.3 Å². The summed E-state index contributed by atoms with van der Waals surface area (Å²) in [6.45, 7) is 2.69. The number of ether oxygens (including phenoxy) is 1. The molecule has 0 fully saturated rings. The van der Waals surface area contributed by atoms with Crippen LogP contribution < -0.4 is 10.1 Å². The van der Waals surface area contributed by atoms with E-state index in [4.69, 9.17) is 10.00 Å². The Bertz CT molecular complexity index is 762. The van der Waals surface area contributed by atoms with E-state index >= 15 is 0 Å². The Morgan fingerprint density at radius 3 is 2.67 bits per heavy atom. The fourth-order valence-electron chi connectivity index (χ4n) is 1.96. The summed E-state index contributed by atoms with van der Waals surface area (Å²) in [5.74, 6) is -1.83. The van der Waals surface area contributed by atoms with Crippen molar-refractivity contribution in [2.75, 3.05) is 13.7 Å². The van der Waals surface area contributed by atoms with Gasteiger partial charge in [0.2, 0.25) is 11.7 Å². The lowest BCUT2D eigenvalue weighted by Gasteiger charge is -2.05. The molecule has 0 saturated carbocycles. The van der Waals surface area contributed by atoms with Crippen LogP contribution in [-0.4, -0.2) is 30.3 Å². The van der Waals surface area contributed by atoms with Gasteiger partial charge in [0, 0.05) is 18.0 Å². The van der Waals surface area contributed by atoms with E-state index in [0.29, 0.717) is 11.6 Å². The van der Waals surface area contributed by atoms with E-state index in [-0.39, 0.29) is 5.69 Å². The summed E-state index contributed by atoms with van der Waals surface area (Å²) in [5, 5.41) is 13.5. The summed E-state index contributed by atoms with van der Waals surface area (Å²) in [6, 6.07) is 9.12. The number of hydrogen-bond donors (Lipinski definition) is 1. The molecule has 1 N–H and O–H groups in total. The van der Waals surface area contributed by atoms with Crippen LogP contribution in [0.25, 0.3) is 10.6 Å². The molecule has 0 bridgehead atoms. The average Bonchev–Trinajstić information content (AvgIpc) is 3.10. The molecule has 1 aromatic carbocycles. The highest BCUT2D eigenvalue weighted by molar-refractivity contribution is 7.13. The Balaban J connectivity index is 2.17. The fraction of sp³-hybridized carbons (Fsp3) is 0.294. The maximum absolute atomic E-state index is 12.2. The van der Waals surface area contributed by atoms with Crippen LogP contribution in [0.1, 0.15) is 23.8 Å². The van der Waals surface area contributed by atoms with Gasteiger partial charge < -0.3 is 10.1 Å². The lowest BCUT2D eigenvalue weighted by Crippen LogP contribution is -2.32. The summed E-state index contributed by atoms with van der Waals surface area (Å²) >= 11 is 1.29. The molecule has 0 radical (unpaired) electrons. The van der Waals surface area contributed by atoms with E-state index in [1.807, 2.05) is 31.2 Å². The maximum atomic E-state index is 12.2. The minimum absolute atomic E-state index is 0.122. The molecule has 1 heterocycles. The molecule has 0 saturated heterocycles. The molecule has 24 heavy (non-hydrogen) atoms. The summed E-state index contributed by atoms with van der Waals surface area (Å²) in [6.07, 6.45) is 0.936. The molecule has 7 heteroatoms. The zero-order valence-corrected chi connectivity index (χ0v) is 14.2. The van der Waals surface area contributed by atoms with Gasteiger partial charge in [0.05, 0.1) is 12.7 Å². The molecule has 2 aromatic rings. The number of hydrogen-bond acceptors (Lipinski definition) is 6. The number of nitrogens with one attached hydrogen (secondary N) is 1. The highest BCUT2D eigenvalue weighted by Crippen LogP contribution is 2.26. The molecule has 2 rings (SSSR count). The van der Waals surface area contributed by atoms with Crippen molar-refractivity contribution < 1.29 is 14.3 Å². The minimum Gasteiger partial charge on any atom is -0.494 e. The number of benzene rings is 1. The van der Waals surface area contributed by atoms with Gasteiger partial charge in [0.15, 0.2) is 5.92 Å². The third-order valence-corrected chi connectivity index (χ3v) is 4.12. The Labute approximate surface area is 144 Å². The normalized spacial score (nSPS) is 11.4. The topological polar surface area (TPSA) is 92.1 Å². The number of Topliss-reactive ketones (excluding diaryl/α,β-unsaturated/α-hetero) is 1. The Morgan fingerprint density at radius 2 is 2.08 bits per heavy atom. The van der Waals surface area contributed by atoms with Gasteiger partial charge in [0.25, 0.3) is 0 Å². The van der Waals surface area contributed by atoms with Gasteiger partial charge in [-0.3, -0.25) is 9.59 Å². The van der Waals surface area contributed by atoms with Gasteiger partial charge in [-0.1, -0.05) is 6.92 Å². The lowest BCUT2D eigenvalue weighted by molar-refractivity contribution is -0.121.